The molecular formula is C27H30N2O6. The number of carbonyl (C=O) groups is 3. The molecule has 2 aliphatic carbocycles. The number of hydrogen-bond acceptors (Lipinski definition) is 5. The highest BCUT2D eigenvalue weighted by atomic mass is 16.5. The summed E-state index contributed by atoms with van der Waals surface area (Å²) in [6.45, 7) is 0.907. The standard InChI is InChI=1S/C27H30N2O6/c30-25(29-23-12-13-34-24(23)26(31)32)17-11-5-6-16(17)14-28-27(33)35-15-22-20-9-3-1-7-18(20)19-8-2-4-10-21(19)22/h1-4,7-10,16-17,22-24H,5-6,11-15H2,(H,28,33)(H,29,30)(H,31,32). The van der Waals surface area contributed by atoms with Crippen molar-refractivity contribution in [3.8, 4) is 11.1 Å². The number of alkyl carbamates (subject to hydrolysis) is 1. The molecule has 0 aromatic heterocycles. The van der Waals surface area contributed by atoms with E-state index in [4.69, 9.17) is 9.47 Å². The van der Waals surface area contributed by atoms with E-state index in [1.54, 1.807) is 0 Å². The highest BCUT2D eigenvalue weighted by molar-refractivity contribution is 5.82. The molecule has 1 heterocycles. The summed E-state index contributed by atoms with van der Waals surface area (Å²) >= 11 is 0. The third kappa shape index (κ3) is 4.75. The average Bonchev–Trinajstić information content (AvgIpc) is 3.59. The molecule has 35 heavy (non-hydrogen) atoms. The number of nitrogens with one attached hydrogen (secondary N) is 2. The Morgan fingerprint density at radius 3 is 2.34 bits per heavy atom. The van der Waals surface area contributed by atoms with Crippen molar-refractivity contribution in [2.24, 2.45) is 11.8 Å². The summed E-state index contributed by atoms with van der Waals surface area (Å²) in [7, 11) is 0. The predicted molar refractivity (Wildman–Crippen MR) is 128 cm³/mol. The van der Waals surface area contributed by atoms with Crippen LogP contribution < -0.4 is 10.6 Å². The van der Waals surface area contributed by atoms with Crippen LogP contribution in [-0.2, 0) is 19.1 Å². The van der Waals surface area contributed by atoms with Crippen LogP contribution in [0, 0.1) is 11.8 Å². The number of benzene rings is 2. The van der Waals surface area contributed by atoms with Crippen LogP contribution in [0.25, 0.3) is 11.1 Å². The van der Waals surface area contributed by atoms with Gasteiger partial charge in [-0.1, -0.05) is 55.0 Å². The Morgan fingerprint density at radius 2 is 1.66 bits per heavy atom. The van der Waals surface area contributed by atoms with Gasteiger partial charge in [-0.2, -0.15) is 0 Å². The van der Waals surface area contributed by atoms with Gasteiger partial charge in [0.05, 0.1) is 6.04 Å². The van der Waals surface area contributed by atoms with Crippen molar-refractivity contribution in [3.63, 3.8) is 0 Å². The second-order valence-corrected chi connectivity index (χ2v) is 9.54. The molecule has 0 spiro atoms. The molecule has 3 N–H and O–H groups in total. The summed E-state index contributed by atoms with van der Waals surface area (Å²) in [5.74, 6) is -1.51. The minimum atomic E-state index is -1.06. The van der Waals surface area contributed by atoms with Crippen LogP contribution in [0.4, 0.5) is 4.79 Å². The van der Waals surface area contributed by atoms with Gasteiger partial charge in [0.1, 0.15) is 6.61 Å². The van der Waals surface area contributed by atoms with Crippen LogP contribution in [0.5, 0.6) is 0 Å². The molecule has 8 nitrogen and oxygen atoms in total. The molecule has 0 bridgehead atoms. The largest absolute Gasteiger partial charge is 0.479 e. The van der Waals surface area contributed by atoms with Gasteiger partial charge in [-0.05, 0) is 47.4 Å². The Balaban J connectivity index is 1.14. The molecule has 184 valence electrons. The molecular weight excluding hydrogens is 448 g/mol. The maximum atomic E-state index is 12.9. The lowest BCUT2D eigenvalue weighted by Crippen LogP contribution is -2.47. The number of ether oxygens (including phenoxy) is 2. The molecule has 8 heteroatoms. The highest BCUT2D eigenvalue weighted by Crippen LogP contribution is 2.44. The van der Waals surface area contributed by atoms with Gasteiger partial charge in [0, 0.05) is 25.0 Å². The summed E-state index contributed by atoms with van der Waals surface area (Å²) in [5, 5.41) is 15.0. The van der Waals surface area contributed by atoms with Gasteiger partial charge in [0.25, 0.3) is 0 Å². The Labute approximate surface area is 204 Å². The fourth-order valence-corrected chi connectivity index (χ4v) is 5.76. The normalized spacial score (nSPS) is 25.0. The number of aliphatic carboxylic acids is 1. The molecule has 2 amide bonds. The van der Waals surface area contributed by atoms with Crippen LogP contribution in [0.2, 0.25) is 0 Å². The third-order valence-corrected chi connectivity index (χ3v) is 7.51. The number of carboxylic acids is 1. The first-order valence-electron chi connectivity index (χ1n) is 12.3. The second kappa shape index (κ2) is 10.1. The maximum absolute atomic E-state index is 12.9. The van der Waals surface area contributed by atoms with Crippen molar-refractivity contribution in [2.75, 3.05) is 19.8 Å². The van der Waals surface area contributed by atoms with E-state index in [1.165, 1.54) is 11.1 Å². The van der Waals surface area contributed by atoms with Crippen LogP contribution in [0.3, 0.4) is 0 Å². The monoisotopic (exact) mass is 478 g/mol. The van der Waals surface area contributed by atoms with Gasteiger partial charge >= 0.3 is 12.1 Å². The fraction of sp³-hybridized carbons (Fsp3) is 0.444. The fourth-order valence-electron chi connectivity index (χ4n) is 5.76. The predicted octanol–water partition coefficient (Wildman–Crippen LogP) is 3.30. The lowest BCUT2D eigenvalue weighted by molar-refractivity contribution is -0.148. The summed E-state index contributed by atoms with van der Waals surface area (Å²) in [6, 6.07) is 15.9. The molecule has 2 aromatic rings. The van der Waals surface area contributed by atoms with Gasteiger partial charge in [-0.3, -0.25) is 4.79 Å². The lowest BCUT2D eigenvalue weighted by Gasteiger charge is -2.23. The highest BCUT2D eigenvalue weighted by Gasteiger charge is 2.39. The summed E-state index contributed by atoms with van der Waals surface area (Å²) in [4.78, 5) is 36.7. The number of amides is 2. The van der Waals surface area contributed by atoms with Crippen LogP contribution in [0.15, 0.2) is 48.5 Å². The topological polar surface area (TPSA) is 114 Å². The van der Waals surface area contributed by atoms with Gasteiger partial charge in [-0.25, -0.2) is 9.59 Å². The van der Waals surface area contributed by atoms with E-state index in [0.29, 0.717) is 26.0 Å². The van der Waals surface area contributed by atoms with E-state index in [-0.39, 0.29) is 30.3 Å². The van der Waals surface area contributed by atoms with Gasteiger partial charge in [0.2, 0.25) is 5.91 Å². The second-order valence-electron chi connectivity index (χ2n) is 9.54. The Hall–Kier alpha value is -3.39. The van der Waals surface area contributed by atoms with E-state index in [1.807, 2.05) is 24.3 Å². The van der Waals surface area contributed by atoms with E-state index in [9.17, 15) is 19.5 Å². The van der Waals surface area contributed by atoms with Crippen molar-refractivity contribution in [3.05, 3.63) is 59.7 Å². The van der Waals surface area contributed by atoms with Crippen LogP contribution in [-0.4, -0.2) is 55.0 Å². The number of rotatable bonds is 7. The number of carbonyl (C=O) groups excluding carboxylic acids is 2. The van der Waals surface area contributed by atoms with Gasteiger partial charge < -0.3 is 25.2 Å². The van der Waals surface area contributed by atoms with Crippen molar-refractivity contribution in [2.45, 2.75) is 43.7 Å². The van der Waals surface area contributed by atoms with Crippen LogP contribution >= 0.6 is 0 Å². The van der Waals surface area contributed by atoms with E-state index < -0.39 is 24.2 Å². The first-order chi connectivity index (χ1) is 17.0. The molecule has 0 radical (unpaired) electrons. The van der Waals surface area contributed by atoms with Crippen molar-refractivity contribution >= 4 is 18.0 Å². The Kier molecular flexibility index (Phi) is 6.72. The molecule has 2 fully saturated rings. The van der Waals surface area contributed by atoms with E-state index >= 15 is 0 Å². The SMILES string of the molecule is O=C(NCC1CCCC1C(=O)NC1CCOC1C(=O)O)OCC1c2ccccc2-c2ccccc21. The third-order valence-electron chi connectivity index (χ3n) is 7.51. The zero-order valence-electron chi connectivity index (χ0n) is 19.4. The van der Waals surface area contributed by atoms with E-state index in [2.05, 4.69) is 34.9 Å². The first-order valence-corrected chi connectivity index (χ1v) is 12.3. The molecule has 5 rings (SSSR count). The average molecular weight is 479 g/mol. The summed E-state index contributed by atoms with van der Waals surface area (Å²) < 4.78 is 10.8. The first kappa shape index (κ1) is 23.4. The summed E-state index contributed by atoms with van der Waals surface area (Å²) in [6.07, 6.45) is 1.42. The number of carboxylic acid groups (broad SMARTS) is 1. The molecule has 1 aliphatic heterocycles. The number of hydrogen-bond donors (Lipinski definition) is 3. The lowest BCUT2D eigenvalue weighted by atomic mass is 9.94. The smallest absolute Gasteiger partial charge is 0.407 e. The molecule has 3 aliphatic rings. The molecule has 1 saturated carbocycles. The van der Waals surface area contributed by atoms with Gasteiger partial charge in [-0.15, -0.1) is 0 Å². The number of fused-ring (bicyclic) bond motifs is 3. The molecule has 4 atom stereocenters. The van der Waals surface area contributed by atoms with Crippen molar-refractivity contribution in [1.82, 2.24) is 10.6 Å². The van der Waals surface area contributed by atoms with E-state index in [0.717, 1.165) is 24.0 Å². The van der Waals surface area contributed by atoms with Crippen molar-refractivity contribution < 1.29 is 29.0 Å². The molecule has 2 aromatic carbocycles. The Morgan fingerprint density at radius 1 is 0.971 bits per heavy atom. The molecule has 1 saturated heterocycles. The van der Waals surface area contributed by atoms with Gasteiger partial charge in [0.15, 0.2) is 6.10 Å². The summed E-state index contributed by atoms with van der Waals surface area (Å²) in [5.41, 5.74) is 4.67. The maximum Gasteiger partial charge on any atom is 0.407 e. The minimum absolute atomic E-state index is 0.00558. The minimum Gasteiger partial charge on any atom is -0.479 e. The van der Waals surface area contributed by atoms with Crippen LogP contribution in [0.1, 0.15) is 42.7 Å². The van der Waals surface area contributed by atoms with Crippen molar-refractivity contribution in [1.29, 1.82) is 0 Å². The zero-order valence-corrected chi connectivity index (χ0v) is 19.4. The zero-order chi connectivity index (χ0) is 24.4. The molecule has 4 unspecified atom stereocenters. The quantitative estimate of drug-likeness (QED) is 0.563. The Bertz CT molecular complexity index is 1070.